The Balaban J connectivity index is 2.80. The topological polar surface area (TPSA) is 18.5 Å². The Morgan fingerprint density at radius 3 is 2.56 bits per heavy atom. The summed E-state index contributed by atoms with van der Waals surface area (Å²) >= 11 is 0. The second-order valence-corrected chi connectivity index (χ2v) is 4.17. The molecule has 0 fully saturated rings. The average molecular weight is 246 g/mol. The van der Waals surface area contributed by atoms with Crippen molar-refractivity contribution in [3.8, 4) is 0 Å². The summed E-state index contributed by atoms with van der Waals surface area (Å²) in [5.41, 5.74) is 1.10. The van der Waals surface area contributed by atoms with E-state index in [1.807, 2.05) is 49.4 Å². The molecular formula is C16H22O2. The minimum Gasteiger partial charge on any atom is -0.484 e. The van der Waals surface area contributed by atoms with Crippen molar-refractivity contribution < 1.29 is 9.47 Å². The smallest absolute Gasteiger partial charge is 0.149 e. The summed E-state index contributed by atoms with van der Waals surface area (Å²) in [5.74, 6) is 0.662. The molecule has 2 unspecified atom stereocenters. The van der Waals surface area contributed by atoms with Gasteiger partial charge in [-0.3, -0.25) is 0 Å². The van der Waals surface area contributed by atoms with E-state index in [-0.39, 0.29) is 12.2 Å². The van der Waals surface area contributed by atoms with Gasteiger partial charge < -0.3 is 9.47 Å². The SMILES string of the molecule is C=C(/C=C\CC)OC(c1ccccc1)C(C)OC. The van der Waals surface area contributed by atoms with Crippen LogP contribution in [-0.4, -0.2) is 13.2 Å². The molecule has 0 N–H and O–H groups in total. The van der Waals surface area contributed by atoms with Gasteiger partial charge in [-0.15, -0.1) is 0 Å². The highest BCUT2D eigenvalue weighted by Gasteiger charge is 2.20. The third kappa shape index (κ3) is 4.38. The molecule has 1 aromatic carbocycles. The summed E-state index contributed by atoms with van der Waals surface area (Å²) in [6.07, 6.45) is 4.74. The van der Waals surface area contributed by atoms with Crippen LogP contribution >= 0.6 is 0 Å². The molecule has 0 aliphatic carbocycles. The van der Waals surface area contributed by atoms with Crippen molar-refractivity contribution in [2.45, 2.75) is 32.5 Å². The van der Waals surface area contributed by atoms with Crippen LogP contribution in [0.25, 0.3) is 0 Å². The monoisotopic (exact) mass is 246 g/mol. The van der Waals surface area contributed by atoms with Gasteiger partial charge in [-0.2, -0.15) is 0 Å². The van der Waals surface area contributed by atoms with Crippen LogP contribution in [0.1, 0.15) is 31.9 Å². The van der Waals surface area contributed by atoms with Crippen molar-refractivity contribution in [1.82, 2.24) is 0 Å². The predicted octanol–water partition coefficient (Wildman–Crippen LogP) is 4.26. The minimum atomic E-state index is -0.134. The van der Waals surface area contributed by atoms with Gasteiger partial charge in [0, 0.05) is 7.11 Å². The van der Waals surface area contributed by atoms with Gasteiger partial charge in [-0.05, 0) is 25.0 Å². The molecule has 98 valence electrons. The molecule has 1 rings (SSSR count). The van der Waals surface area contributed by atoms with E-state index in [0.717, 1.165) is 12.0 Å². The summed E-state index contributed by atoms with van der Waals surface area (Å²) < 4.78 is 11.3. The zero-order chi connectivity index (χ0) is 13.4. The predicted molar refractivity (Wildman–Crippen MR) is 75.3 cm³/mol. The minimum absolute atomic E-state index is 0.0285. The number of benzene rings is 1. The van der Waals surface area contributed by atoms with Gasteiger partial charge in [0.2, 0.25) is 0 Å². The van der Waals surface area contributed by atoms with Crippen molar-refractivity contribution in [3.63, 3.8) is 0 Å². The highest BCUT2D eigenvalue weighted by Crippen LogP contribution is 2.25. The van der Waals surface area contributed by atoms with Gasteiger partial charge in [0.05, 0.1) is 6.10 Å². The highest BCUT2D eigenvalue weighted by molar-refractivity contribution is 5.20. The lowest BCUT2D eigenvalue weighted by Gasteiger charge is -2.24. The molecule has 2 atom stereocenters. The van der Waals surface area contributed by atoms with Gasteiger partial charge in [0.1, 0.15) is 11.9 Å². The quantitative estimate of drug-likeness (QED) is 0.528. The zero-order valence-electron chi connectivity index (χ0n) is 11.4. The number of ether oxygens (including phenoxy) is 2. The third-order valence-electron chi connectivity index (χ3n) is 2.74. The number of methoxy groups -OCH3 is 1. The summed E-state index contributed by atoms with van der Waals surface area (Å²) in [6.45, 7) is 7.98. The first kappa shape index (κ1) is 14.5. The number of hydrogen-bond donors (Lipinski definition) is 0. The molecule has 0 saturated heterocycles. The normalized spacial score (nSPS) is 14.4. The summed E-state index contributed by atoms with van der Waals surface area (Å²) in [7, 11) is 1.69. The molecule has 0 aliphatic heterocycles. The Hall–Kier alpha value is -1.54. The van der Waals surface area contributed by atoms with Crippen molar-refractivity contribution >= 4 is 0 Å². The lowest BCUT2D eigenvalue weighted by molar-refractivity contribution is -0.0172. The highest BCUT2D eigenvalue weighted by atomic mass is 16.5. The van der Waals surface area contributed by atoms with Crippen molar-refractivity contribution in [1.29, 1.82) is 0 Å². The molecule has 2 nitrogen and oxygen atoms in total. The Bertz CT molecular complexity index is 381. The van der Waals surface area contributed by atoms with Crippen LogP contribution in [0.2, 0.25) is 0 Å². The molecule has 0 saturated carbocycles. The maximum atomic E-state index is 5.88. The number of allylic oxidation sites excluding steroid dienone is 2. The lowest BCUT2D eigenvalue weighted by atomic mass is 10.1. The molecule has 0 aliphatic rings. The largest absolute Gasteiger partial charge is 0.484 e. The van der Waals surface area contributed by atoms with E-state index in [2.05, 4.69) is 13.5 Å². The van der Waals surface area contributed by atoms with Crippen LogP contribution in [0.15, 0.2) is 54.8 Å². The lowest BCUT2D eigenvalue weighted by Crippen LogP contribution is -2.19. The fourth-order valence-electron chi connectivity index (χ4n) is 1.65. The molecule has 2 heteroatoms. The zero-order valence-corrected chi connectivity index (χ0v) is 11.4. The summed E-state index contributed by atoms with van der Waals surface area (Å²) in [4.78, 5) is 0. The van der Waals surface area contributed by atoms with Crippen LogP contribution in [0.3, 0.4) is 0 Å². The van der Waals surface area contributed by atoms with Gasteiger partial charge >= 0.3 is 0 Å². The van der Waals surface area contributed by atoms with Gasteiger partial charge in [-0.1, -0.05) is 49.9 Å². The first-order chi connectivity index (χ1) is 8.69. The second-order valence-electron chi connectivity index (χ2n) is 4.17. The maximum Gasteiger partial charge on any atom is 0.149 e. The fraction of sp³-hybridized carbons (Fsp3) is 0.375. The molecule has 0 radical (unpaired) electrons. The summed E-state index contributed by atoms with van der Waals surface area (Å²) in [6, 6.07) is 10.1. The van der Waals surface area contributed by atoms with Crippen molar-refractivity contribution in [2.75, 3.05) is 7.11 Å². The van der Waals surface area contributed by atoms with E-state index in [1.165, 1.54) is 0 Å². The number of hydrogen-bond acceptors (Lipinski definition) is 2. The van der Waals surface area contributed by atoms with E-state index < -0.39 is 0 Å². The van der Waals surface area contributed by atoms with Crippen molar-refractivity contribution in [2.24, 2.45) is 0 Å². The van der Waals surface area contributed by atoms with E-state index >= 15 is 0 Å². The van der Waals surface area contributed by atoms with Crippen LogP contribution in [0.5, 0.6) is 0 Å². The maximum absolute atomic E-state index is 5.88. The average Bonchev–Trinajstić information content (AvgIpc) is 2.42. The second kappa shape index (κ2) is 7.72. The van der Waals surface area contributed by atoms with E-state index in [9.17, 15) is 0 Å². The van der Waals surface area contributed by atoms with Crippen LogP contribution in [0.4, 0.5) is 0 Å². The van der Waals surface area contributed by atoms with E-state index in [0.29, 0.717) is 5.76 Å². The van der Waals surface area contributed by atoms with Crippen molar-refractivity contribution in [3.05, 3.63) is 60.4 Å². The first-order valence-corrected chi connectivity index (χ1v) is 6.28. The molecule has 1 aromatic rings. The molecule has 0 spiro atoms. The van der Waals surface area contributed by atoms with Gasteiger partial charge in [-0.25, -0.2) is 0 Å². The molecule has 0 aromatic heterocycles. The van der Waals surface area contributed by atoms with Crippen LogP contribution < -0.4 is 0 Å². The molecule has 0 amide bonds. The van der Waals surface area contributed by atoms with Gasteiger partial charge in [0.15, 0.2) is 0 Å². The Morgan fingerprint density at radius 2 is 2.00 bits per heavy atom. The fourth-order valence-corrected chi connectivity index (χ4v) is 1.65. The number of rotatable bonds is 7. The van der Waals surface area contributed by atoms with Crippen LogP contribution in [-0.2, 0) is 9.47 Å². The summed E-state index contributed by atoms with van der Waals surface area (Å²) in [5, 5.41) is 0. The third-order valence-corrected chi connectivity index (χ3v) is 2.74. The molecule has 0 bridgehead atoms. The van der Waals surface area contributed by atoms with Crippen LogP contribution in [0, 0.1) is 0 Å². The Kier molecular flexibility index (Phi) is 6.23. The molecule has 18 heavy (non-hydrogen) atoms. The molecule has 0 heterocycles. The Labute approximate surface area is 110 Å². The Morgan fingerprint density at radius 1 is 1.33 bits per heavy atom. The first-order valence-electron chi connectivity index (χ1n) is 6.28. The van der Waals surface area contributed by atoms with E-state index in [1.54, 1.807) is 7.11 Å². The standard InChI is InChI=1S/C16H22O2/c1-5-6-10-13(2)18-16(14(3)17-4)15-11-8-7-9-12-15/h6-12,14,16H,2,5H2,1,3-4H3/b10-6-. The molecular weight excluding hydrogens is 224 g/mol. The van der Waals surface area contributed by atoms with E-state index in [4.69, 9.17) is 9.47 Å². The van der Waals surface area contributed by atoms with Gasteiger partial charge in [0.25, 0.3) is 0 Å².